The number of carbonyl (C=O) groups excluding carboxylic acids is 1. The topological polar surface area (TPSA) is 92.4 Å². The molecular weight excluding hydrogens is 196 g/mol. The third kappa shape index (κ3) is 6.06. The van der Waals surface area contributed by atoms with Gasteiger partial charge in [-0.25, -0.2) is 0 Å². The van der Waals surface area contributed by atoms with Gasteiger partial charge < -0.3 is 10.8 Å². The van der Waals surface area contributed by atoms with E-state index >= 15 is 0 Å². The molecular formula is C10H20N2O3. The fourth-order valence-corrected chi connectivity index (χ4v) is 1.12. The van der Waals surface area contributed by atoms with Crippen molar-refractivity contribution in [1.82, 2.24) is 5.32 Å². The molecule has 0 fully saturated rings. The van der Waals surface area contributed by atoms with E-state index in [2.05, 4.69) is 5.32 Å². The second-order valence-electron chi connectivity index (χ2n) is 4.28. The van der Waals surface area contributed by atoms with E-state index in [1.807, 2.05) is 20.8 Å². The van der Waals surface area contributed by atoms with Gasteiger partial charge in [-0.1, -0.05) is 6.92 Å². The van der Waals surface area contributed by atoms with E-state index in [1.165, 1.54) is 0 Å². The predicted molar refractivity (Wildman–Crippen MR) is 57.4 cm³/mol. The Morgan fingerprint density at radius 2 is 2.00 bits per heavy atom. The highest BCUT2D eigenvalue weighted by atomic mass is 16.4. The Balaban J connectivity index is 4.28. The molecule has 5 heteroatoms. The number of nitrogens with two attached hydrogens (primary N) is 1. The van der Waals surface area contributed by atoms with Gasteiger partial charge in [-0.2, -0.15) is 0 Å². The van der Waals surface area contributed by atoms with Gasteiger partial charge >= 0.3 is 5.97 Å². The molecule has 0 saturated heterocycles. The lowest BCUT2D eigenvalue weighted by Gasteiger charge is -2.28. The van der Waals surface area contributed by atoms with Crippen LogP contribution in [0.1, 0.15) is 40.0 Å². The second kappa shape index (κ2) is 5.70. The van der Waals surface area contributed by atoms with Crippen LogP contribution in [-0.4, -0.2) is 28.6 Å². The molecule has 0 aliphatic rings. The quantitative estimate of drug-likeness (QED) is 0.577. The number of primary amides is 1. The fraction of sp³-hybridized carbons (Fsp3) is 0.800. The molecule has 4 N–H and O–H groups in total. The third-order valence-corrected chi connectivity index (χ3v) is 2.43. The van der Waals surface area contributed by atoms with E-state index in [4.69, 9.17) is 10.8 Å². The Kier molecular flexibility index (Phi) is 5.28. The molecule has 0 aromatic heterocycles. The van der Waals surface area contributed by atoms with Crippen molar-refractivity contribution < 1.29 is 14.7 Å². The van der Waals surface area contributed by atoms with E-state index in [-0.39, 0.29) is 18.4 Å². The molecule has 0 radical (unpaired) electrons. The SMILES string of the molecule is CCC(C)(C)N[C@@H](CCC(N)=O)C(=O)O. The Morgan fingerprint density at radius 1 is 1.47 bits per heavy atom. The van der Waals surface area contributed by atoms with Crippen LogP contribution in [0.15, 0.2) is 0 Å². The minimum absolute atomic E-state index is 0.0871. The molecule has 0 bridgehead atoms. The summed E-state index contributed by atoms with van der Waals surface area (Å²) in [5, 5.41) is 11.9. The molecule has 0 aromatic carbocycles. The first-order chi connectivity index (χ1) is 6.78. The summed E-state index contributed by atoms with van der Waals surface area (Å²) >= 11 is 0. The first-order valence-electron chi connectivity index (χ1n) is 5.07. The van der Waals surface area contributed by atoms with Crippen LogP contribution >= 0.6 is 0 Å². The maximum atomic E-state index is 10.9. The van der Waals surface area contributed by atoms with Crippen molar-refractivity contribution in [1.29, 1.82) is 0 Å². The molecule has 0 saturated carbocycles. The highest BCUT2D eigenvalue weighted by Gasteiger charge is 2.25. The van der Waals surface area contributed by atoms with Gasteiger partial charge in [0.1, 0.15) is 6.04 Å². The summed E-state index contributed by atoms with van der Waals surface area (Å²) in [5.41, 5.74) is 4.73. The summed E-state index contributed by atoms with van der Waals surface area (Å²) in [6.45, 7) is 5.82. The zero-order valence-corrected chi connectivity index (χ0v) is 9.54. The van der Waals surface area contributed by atoms with Crippen molar-refractivity contribution in [2.45, 2.75) is 51.6 Å². The van der Waals surface area contributed by atoms with Gasteiger partial charge in [0.25, 0.3) is 0 Å². The molecule has 5 nitrogen and oxygen atoms in total. The Morgan fingerprint density at radius 3 is 2.33 bits per heavy atom. The molecule has 0 heterocycles. The first kappa shape index (κ1) is 13.9. The summed E-state index contributed by atoms with van der Waals surface area (Å²) < 4.78 is 0. The number of nitrogens with one attached hydrogen (secondary N) is 1. The number of hydrogen-bond acceptors (Lipinski definition) is 3. The fourth-order valence-electron chi connectivity index (χ4n) is 1.12. The summed E-state index contributed by atoms with van der Waals surface area (Å²) in [6.07, 6.45) is 1.13. The molecule has 0 unspecified atom stereocenters. The van der Waals surface area contributed by atoms with Gasteiger partial charge in [0, 0.05) is 12.0 Å². The van der Waals surface area contributed by atoms with Crippen LogP contribution in [0.2, 0.25) is 0 Å². The Bertz CT molecular complexity index is 239. The standard InChI is InChI=1S/C10H20N2O3/c1-4-10(2,3)12-7(9(14)15)5-6-8(11)13/h7,12H,4-6H2,1-3H3,(H2,11,13)(H,14,15)/t7-/m0/s1. The highest BCUT2D eigenvalue weighted by molar-refractivity contribution is 5.77. The van der Waals surface area contributed by atoms with Crippen molar-refractivity contribution >= 4 is 11.9 Å². The lowest BCUT2D eigenvalue weighted by atomic mass is 9.99. The number of aliphatic carboxylic acids is 1. The van der Waals surface area contributed by atoms with Gasteiger partial charge in [0.15, 0.2) is 0 Å². The molecule has 0 rings (SSSR count). The van der Waals surface area contributed by atoms with E-state index in [0.717, 1.165) is 6.42 Å². The Hall–Kier alpha value is -1.10. The van der Waals surface area contributed by atoms with E-state index in [9.17, 15) is 9.59 Å². The summed E-state index contributed by atoms with van der Waals surface area (Å²) in [5.74, 6) is -1.42. The summed E-state index contributed by atoms with van der Waals surface area (Å²) in [7, 11) is 0. The zero-order valence-electron chi connectivity index (χ0n) is 9.54. The van der Waals surface area contributed by atoms with Crippen LogP contribution in [0.4, 0.5) is 0 Å². The normalized spacial score (nSPS) is 13.5. The lowest BCUT2D eigenvalue weighted by molar-refractivity contribution is -0.140. The molecule has 88 valence electrons. The molecule has 0 aromatic rings. The Labute approximate surface area is 90.0 Å². The van der Waals surface area contributed by atoms with Gasteiger partial charge in [0.05, 0.1) is 0 Å². The van der Waals surface area contributed by atoms with Gasteiger partial charge in [-0.05, 0) is 26.7 Å². The van der Waals surface area contributed by atoms with Gasteiger partial charge in [-0.15, -0.1) is 0 Å². The van der Waals surface area contributed by atoms with Crippen molar-refractivity contribution in [3.05, 3.63) is 0 Å². The number of carbonyl (C=O) groups is 2. The second-order valence-corrected chi connectivity index (χ2v) is 4.28. The smallest absolute Gasteiger partial charge is 0.320 e. The molecule has 15 heavy (non-hydrogen) atoms. The maximum Gasteiger partial charge on any atom is 0.320 e. The number of amides is 1. The molecule has 0 aliphatic carbocycles. The van der Waals surface area contributed by atoms with Crippen LogP contribution < -0.4 is 11.1 Å². The maximum absolute atomic E-state index is 10.9. The van der Waals surface area contributed by atoms with E-state index in [1.54, 1.807) is 0 Å². The van der Waals surface area contributed by atoms with Gasteiger partial charge in [-0.3, -0.25) is 14.9 Å². The van der Waals surface area contributed by atoms with Crippen LogP contribution in [-0.2, 0) is 9.59 Å². The van der Waals surface area contributed by atoms with Crippen molar-refractivity contribution in [2.24, 2.45) is 5.73 Å². The summed E-state index contributed by atoms with van der Waals surface area (Å²) in [4.78, 5) is 21.5. The van der Waals surface area contributed by atoms with Crippen LogP contribution in [0, 0.1) is 0 Å². The van der Waals surface area contributed by atoms with Crippen molar-refractivity contribution in [3.8, 4) is 0 Å². The van der Waals surface area contributed by atoms with Crippen molar-refractivity contribution in [3.63, 3.8) is 0 Å². The van der Waals surface area contributed by atoms with Crippen molar-refractivity contribution in [2.75, 3.05) is 0 Å². The lowest BCUT2D eigenvalue weighted by Crippen LogP contribution is -2.49. The molecule has 0 aliphatic heterocycles. The minimum Gasteiger partial charge on any atom is -0.480 e. The monoisotopic (exact) mass is 216 g/mol. The predicted octanol–water partition coefficient (Wildman–Crippen LogP) is 0.483. The van der Waals surface area contributed by atoms with Crippen LogP contribution in [0.5, 0.6) is 0 Å². The first-order valence-corrected chi connectivity index (χ1v) is 5.07. The van der Waals surface area contributed by atoms with Crippen LogP contribution in [0.25, 0.3) is 0 Å². The molecule has 1 atom stereocenters. The average Bonchev–Trinajstić information content (AvgIpc) is 2.11. The molecule has 0 spiro atoms. The van der Waals surface area contributed by atoms with E-state index in [0.29, 0.717) is 0 Å². The number of rotatable bonds is 7. The van der Waals surface area contributed by atoms with E-state index < -0.39 is 17.9 Å². The number of carboxylic acid groups (broad SMARTS) is 1. The molecule has 1 amide bonds. The van der Waals surface area contributed by atoms with Crippen LogP contribution in [0.3, 0.4) is 0 Å². The number of carboxylic acids is 1. The largest absolute Gasteiger partial charge is 0.480 e. The highest BCUT2D eigenvalue weighted by Crippen LogP contribution is 2.10. The number of hydrogen-bond donors (Lipinski definition) is 3. The third-order valence-electron chi connectivity index (χ3n) is 2.43. The summed E-state index contributed by atoms with van der Waals surface area (Å²) in [6, 6.07) is -0.715. The van der Waals surface area contributed by atoms with Gasteiger partial charge in [0.2, 0.25) is 5.91 Å². The average molecular weight is 216 g/mol. The zero-order chi connectivity index (χ0) is 12.1. The minimum atomic E-state index is -0.947.